The first-order chi connectivity index (χ1) is 22.8. The molecule has 11 rings (SSSR count). The number of hydrogen-bond acceptors (Lipinski definition) is 2. The highest BCUT2D eigenvalue weighted by Crippen LogP contribution is 2.48. The van der Waals surface area contributed by atoms with E-state index in [2.05, 4.69) is 150 Å². The summed E-state index contributed by atoms with van der Waals surface area (Å²) in [5.74, 6) is 0.938. The summed E-state index contributed by atoms with van der Waals surface area (Å²) >= 11 is 0. The first kappa shape index (κ1) is 24.2. The Morgan fingerprint density at radius 1 is 0.435 bits per heavy atom. The number of pyridine rings is 1. The molecule has 0 saturated heterocycles. The van der Waals surface area contributed by atoms with E-state index in [4.69, 9.17) is 9.40 Å². The zero-order valence-electron chi connectivity index (χ0n) is 24.7. The van der Waals surface area contributed by atoms with Crippen molar-refractivity contribution in [3.63, 3.8) is 0 Å². The molecule has 0 saturated carbocycles. The molecule has 46 heavy (non-hydrogen) atoms. The highest BCUT2D eigenvalue weighted by atomic mass is 16.3. The average Bonchev–Trinajstić information content (AvgIpc) is 3.76. The van der Waals surface area contributed by atoms with Crippen molar-refractivity contribution >= 4 is 65.4 Å². The summed E-state index contributed by atoms with van der Waals surface area (Å²) in [6, 6.07) is 52.3. The van der Waals surface area contributed by atoms with Crippen molar-refractivity contribution in [3.05, 3.63) is 146 Å². The summed E-state index contributed by atoms with van der Waals surface area (Å²) < 4.78 is 8.63. The van der Waals surface area contributed by atoms with Gasteiger partial charge >= 0.3 is 0 Å². The molecule has 1 aliphatic rings. The Morgan fingerprint density at radius 3 is 2.04 bits per heavy atom. The van der Waals surface area contributed by atoms with Gasteiger partial charge in [0, 0.05) is 26.9 Å². The van der Waals surface area contributed by atoms with Gasteiger partial charge in [0.2, 0.25) is 0 Å². The van der Waals surface area contributed by atoms with Crippen molar-refractivity contribution in [2.75, 3.05) is 0 Å². The third-order valence-corrected chi connectivity index (χ3v) is 9.92. The number of nitrogens with zero attached hydrogens (tertiary/aromatic N) is 2. The number of rotatable bonds is 2. The molecule has 0 unspecified atom stereocenters. The van der Waals surface area contributed by atoms with Crippen LogP contribution < -0.4 is 0 Å². The largest absolute Gasteiger partial charge is 0.456 e. The van der Waals surface area contributed by atoms with Gasteiger partial charge in [0.05, 0.1) is 16.6 Å². The summed E-state index contributed by atoms with van der Waals surface area (Å²) in [6.07, 6.45) is 0. The molecule has 1 aliphatic carbocycles. The van der Waals surface area contributed by atoms with E-state index < -0.39 is 0 Å². The van der Waals surface area contributed by atoms with Gasteiger partial charge in [-0.3, -0.25) is 4.57 Å². The summed E-state index contributed by atoms with van der Waals surface area (Å²) in [5, 5.41) is 8.42. The second-order valence-corrected chi connectivity index (χ2v) is 12.3. The van der Waals surface area contributed by atoms with E-state index in [0.717, 1.165) is 38.9 Å². The van der Waals surface area contributed by atoms with Gasteiger partial charge in [0.15, 0.2) is 0 Å². The highest BCUT2D eigenvalue weighted by Gasteiger charge is 2.24. The van der Waals surface area contributed by atoms with Crippen molar-refractivity contribution in [2.24, 2.45) is 0 Å². The molecular formula is C43H24N2O. The van der Waals surface area contributed by atoms with E-state index in [9.17, 15) is 0 Å². The van der Waals surface area contributed by atoms with Crippen LogP contribution >= 0.6 is 0 Å². The number of fused-ring (bicyclic) bond motifs is 11. The van der Waals surface area contributed by atoms with Gasteiger partial charge in [-0.25, -0.2) is 4.98 Å². The standard InChI is InChI=1S/C43H24N2O/c1-2-9-28-25(8-1)17-21-40-43(28)35-23-27(18-20-39(35)46-40)26-16-19-38-33(22-26)31-12-5-6-15-37(31)45(38)41-24-34-30-11-4-3-10-29(30)32-13-7-14-36(44-41)42(32)34/h1-24H. The van der Waals surface area contributed by atoms with Crippen LogP contribution in [0.1, 0.15) is 0 Å². The third-order valence-electron chi connectivity index (χ3n) is 9.92. The first-order valence-electron chi connectivity index (χ1n) is 15.7. The predicted molar refractivity (Wildman–Crippen MR) is 191 cm³/mol. The molecule has 0 amide bonds. The van der Waals surface area contributed by atoms with Crippen LogP contribution in [0, 0.1) is 0 Å². The van der Waals surface area contributed by atoms with Gasteiger partial charge in [-0.2, -0.15) is 0 Å². The van der Waals surface area contributed by atoms with Crippen molar-refractivity contribution in [2.45, 2.75) is 0 Å². The second-order valence-electron chi connectivity index (χ2n) is 12.3. The van der Waals surface area contributed by atoms with Crippen LogP contribution in [0.2, 0.25) is 0 Å². The quantitative estimate of drug-likeness (QED) is 0.202. The van der Waals surface area contributed by atoms with Crippen LogP contribution in [-0.4, -0.2) is 9.55 Å². The van der Waals surface area contributed by atoms with Gasteiger partial charge in [-0.15, -0.1) is 0 Å². The Hall–Kier alpha value is -6.19. The van der Waals surface area contributed by atoms with E-state index in [0.29, 0.717) is 0 Å². The summed E-state index contributed by atoms with van der Waals surface area (Å²) in [4.78, 5) is 5.28. The zero-order chi connectivity index (χ0) is 29.9. The van der Waals surface area contributed by atoms with Crippen molar-refractivity contribution in [1.82, 2.24) is 9.55 Å². The fourth-order valence-electron chi connectivity index (χ4n) is 7.90. The molecule has 0 fully saturated rings. The maximum atomic E-state index is 6.30. The van der Waals surface area contributed by atoms with Crippen molar-refractivity contribution in [1.29, 1.82) is 0 Å². The molecular weight excluding hydrogens is 560 g/mol. The van der Waals surface area contributed by atoms with Crippen LogP contribution in [0.3, 0.4) is 0 Å². The molecule has 0 atom stereocenters. The molecule has 0 aliphatic heterocycles. The van der Waals surface area contributed by atoms with Crippen LogP contribution in [-0.2, 0) is 0 Å². The molecule has 7 aromatic carbocycles. The Kier molecular flexibility index (Phi) is 4.58. The van der Waals surface area contributed by atoms with Gasteiger partial charge in [0.25, 0.3) is 0 Å². The summed E-state index contributed by atoms with van der Waals surface area (Å²) in [7, 11) is 0. The number of para-hydroxylation sites is 1. The summed E-state index contributed by atoms with van der Waals surface area (Å²) in [5.41, 5.74) is 12.6. The molecule has 0 radical (unpaired) electrons. The number of furan rings is 1. The lowest BCUT2D eigenvalue weighted by atomic mass is 9.99. The van der Waals surface area contributed by atoms with Crippen LogP contribution in [0.4, 0.5) is 0 Å². The topological polar surface area (TPSA) is 31.0 Å². The lowest BCUT2D eigenvalue weighted by molar-refractivity contribution is 0.669. The number of benzene rings is 7. The molecule has 0 bridgehead atoms. The van der Waals surface area contributed by atoms with Gasteiger partial charge in [-0.1, -0.05) is 97.1 Å². The van der Waals surface area contributed by atoms with E-state index >= 15 is 0 Å². The van der Waals surface area contributed by atoms with E-state index in [-0.39, 0.29) is 0 Å². The molecule has 10 aromatic rings. The second kappa shape index (κ2) is 8.71. The number of aromatic nitrogens is 2. The van der Waals surface area contributed by atoms with Gasteiger partial charge in [-0.05, 0) is 92.7 Å². The third kappa shape index (κ3) is 3.14. The molecule has 0 N–H and O–H groups in total. The molecule has 0 spiro atoms. The van der Waals surface area contributed by atoms with Crippen molar-refractivity contribution in [3.8, 4) is 39.2 Å². The van der Waals surface area contributed by atoms with Crippen LogP contribution in [0.25, 0.3) is 105 Å². The SMILES string of the molecule is c1ccc2c(c1)-c1cccc3nc(-n4c5ccccc5c5cc(-c6ccc7oc8ccc9ccccc9c8c7c6)ccc54)cc-2c13. The molecule has 3 aromatic heterocycles. The lowest BCUT2D eigenvalue weighted by Gasteiger charge is -2.11. The first-order valence-corrected chi connectivity index (χ1v) is 15.7. The Labute approximate surface area is 263 Å². The van der Waals surface area contributed by atoms with Crippen molar-refractivity contribution < 1.29 is 4.42 Å². The fraction of sp³-hybridized carbons (Fsp3) is 0. The van der Waals surface area contributed by atoms with Gasteiger partial charge in [0.1, 0.15) is 17.0 Å². The van der Waals surface area contributed by atoms with Gasteiger partial charge < -0.3 is 4.42 Å². The molecule has 3 heteroatoms. The Balaban J connectivity index is 1.14. The minimum absolute atomic E-state index is 0.910. The lowest BCUT2D eigenvalue weighted by Crippen LogP contribution is -1.98. The fourth-order valence-corrected chi connectivity index (χ4v) is 7.90. The highest BCUT2D eigenvalue weighted by molar-refractivity contribution is 6.20. The Morgan fingerprint density at radius 2 is 1.13 bits per heavy atom. The zero-order valence-corrected chi connectivity index (χ0v) is 24.7. The normalized spacial score (nSPS) is 12.3. The monoisotopic (exact) mass is 584 g/mol. The Bertz CT molecular complexity index is 2920. The number of hydrogen-bond donors (Lipinski definition) is 0. The molecule has 212 valence electrons. The van der Waals surface area contributed by atoms with E-state index in [1.165, 1.54) is 65.7 Å². The smallest absolute Gasteiger partial charge is 0.138 e. The van der Waals surface area contributed by atoms with E-state index in [1.807, 2.05) is 0 Å². The average molecular weight is 585 g/mol. The van der Waals surface area contributed by atoms with Crippen LogP contribution in [0.5, 0.6) is 0 Å². The summed E-state index contributed by atoms with van der Waals surface area (Å²) in [6.45, 7) is 0. The predicted octanol–water partition coefficient (Wildman–Crippen LogP) is 11.7. The molecule has 3 heterocycles. The maximum Gasteiger partial charge on any atom is 0.138 e. The molecule has 3 nitrogen and oxygen atoms in total. The maximum absolute atomic E-state index is 6.30. The minimum Gasteiger partial charge on any atom is -0.456 e. The van der Waals surface area contributed by atoms with Crippen LogP contribution in [0.15, 0.2) is 150 Å². The minimum atomic E-state index is 0.910. The van der Waals surface area contributed by atoms with E-state index in [1.54, 1.807) is 0 Å².